The third-order valence-corrected chi connectivity index (χ3v) is 6.70. The Morgan fingerprint density at radius 3 is 2.50 bits per heavy atom. The first kappa shape index (κ1) is 28.5. The number of carbonyl (C=O) groups is 2. The van der Waals surface area contributed by atoms with Gasteiger partial charge in [-0.05, 0) is 59.2 Å². The summed E-state index contributed by atoms with van der Waals surface area (Å²) in [6.45, 7) is -2.28. The van der Waals surface area contributed by atoms with Crippen LogP contribution in [0.3, 0.4) is 0 Å². The molecule has 0 heterocycles. The van der Waals surface area contributed by atoms with Crippen molar-refractivity contribution in [2.24, 2.45) is 5.92 Å². The second-order valence-corrected chi connectivity index (χ2v) is 9.80. The molecule has 0 spiro atoms. The molecule has 0 unspecified atom stereocenters. The molecule has 2 amide bonds. The van der Waals surface area contributed by atoms with Gasteiger partial charge in [-0.25, -0.2) is 0 Å². The molecule has 3 atom stereocenters. The highest BCUT2D eigenvalue weighted by Crippen LogP contribution is 2.39. The van der Waals surface area contributed by atoms with Crippen LogP contribution in [0.2, 0.25) is 0 Å². The summed E-state index contributed by atoms with van der Waals surface area (Å²) in [5, 5.41) is 32.1. The number of ether oxygens (including phenoxy) is 2. The van der Waals surface area contributed by atoms with E-state index < -0.39 is 48.7 Å². The lowest BCUT2D eigenvalue weighted by atomic mass is 9.88. The number of hydrogen-bond acceptors (Lipinski definition) is 7. The van der Waals surface area contributed by atoms with Crippen LogP contribution in [-0.2, 0) is 16.2 Å². The van der Waals surface area contributed by atoms with E-state index >= 15 is 0 Å². The van der Waals surface area contributed by atoms with E-state index in [1.54, 1.807) is 6.07 Å². The summed E-state index contributed by atoms with van der Waals surface area (Å²) in [6.07, 6.45) is -5.72. The van der Waals surface area contributed by atoms with Gasteiger partial charge in [-0.15, -0.1) is 0 Å². The first-order valence-corrected chi connectivity index (χ1v) is 12.4. The van der Waals surface area contributed by atoms with Crippen molar-refractivity contribution in [2.75, 3.05) is 26.8 Å². The van der Waals surface area contributed by atoms with Crippen LogP contribution in [0.25, 0.3) is 0 Å². The highest BCUT2D eigenvalue weighted by Gasteiger charge is 2.47. The Hall–Kier alpha value is -2.10. The van der Waals surface area contributed by atoms with Gasteiger partial charge in [-0.2, -0.15) is 13.2 Å². The summed E-state index contributed by atoms with van der Waals surface area (Å²) >= 11 is 1.92. The second kappa shape index (κ2) is 12.0. The van der Waals surface area contributed by atoms with Crippen LogP contribution in [0, 0.1) is 9.49 Å². The fourth-order valence-electron chi connectivity index (χ4n) is 4.01. The molecule has 0 aliphatic heterocycles. The van der Waals surface area contributed by atoms with Crippen LogP contribution in [-0.4, -0.2) is 83.3 Å². The molecular formula is C23H28F3IN2O7. The van der Waals surface area contributed by atoms with Crippen LogP contribution < -0.4 is 14.8 Å². The topological polar surface area (TPSA) is 129 Å². The van der Waals surface area contributed by atoms with Gasteiger partial charge in [0.1, 0.15) is 18.8 Å². The van der Waals surface area contributed by atoms with Crippen LogP contribution in [0.15, 0.2) is 23.8 Å². The molecule has 1 aromatic carbocycles. The molecule has 0 radical (unpaired) electrons. The Balaban J connectivity index is 2.00. The number of aliphatic hydroxyl groups is 3. The van der Waals surface area contributed by atoms with Crippen molar-refractivity contribution in [3.8, 4) is 11.5 Å². The fraction of sp³-hybridized carbons (Fsp3) is 0.565. The standard InChI is InChI=1S/C23H28F3IN2O7/c1-35-18-7-12(10-31)6-15(27)20(18)36-17-9-14(21(33)28-4-5-30)8-16(19(17)32)29(11-23(24,25)26)22(34)13-2-3-13/h6-7,9,13,16-17,19,30-32H,2-5,8,10-11H2,1H3,(H,28,33)/t16-,17+,19+/m1/s1. The molecule has 2 aliphatic carbocycles. The number of amides is 2. The van der Waals surface area contributed by atoms with Crippen molar-refractivity contribution in [3.05, 3.63) is 32.9 Å². The van der Waals surface area contributed by atoms with Gasteiger partial charge in [0, 0.05) is 24.5 Å². The van der Waals surface area contributed by atoms with Gasteiger partial charge < -0.3 is 35.0 Å². The van der Waals surface area contributed by atoms with E-state index in [2.05, 4.69) is 5.32 Å². The molecule has 0 bridgehead atoms. The van der Waals surface area contributed by atoms with Gasteiger partial charge in [0.2, 0.25) is 11.8 Å². The number of halogens is 4. The number of hydrogen-bond donors (Lipinski definition) is 4. The molecule has 9 nitrogen and oxygen atoms in total. The van der Waals surface area contributed by atoms with E-state index in [0.29, 0.717) is 26.9 Å². The van der Waals surface area contributed by atoms with E-state index in [0.717, 1.165) is 0 Å². The molecule has 36 heavy (non-hydrogen) atoms. The Morgan fingerprint density at radius 1 is 1.25 bits per heavy atom. The molecule has 4 N–H and O–H groups in total. The van der Waals surface area contributed by atoms with Gasteiger partial charge in [-0.3, -0.25) is 9.59 Å². The largest absolute Gasteiger partial charge is 0.493 e. The summed E-state index contributed by atoms with van der Waals surface area (Å²) in [7, 11) is 1.36. The number of benzene rings is 1. The van der Waals surface area contributed by atoms with Crippen molar-refractivity contribution < 1.29 is 47.6 Å². The molecule has 0 saturated heterocycles. The normalized spacial score (nSPS) is 22.0. The summed E-state index contributed by atoms with van der Waals surface area (Å²) < 4.78 is 52.2. The number of rotatable bonds is 10. The molecule has 200 valence electrons. The average molecular weight is 628 g/mol. The third-order valence-electron chi connectivity index (χ3n) is 5.90. The predicted octanol–water partition coefficient (Wildman–Crippen LogP) is 1.51. The molecule has 1 saturated carbocycles. The highest BCUT2D eigenvalue weighted by atomic mass is 127. The summed E-state index contributed by atoms with van der Waals surface area (Å²) in [5.74, 6) is -1.57. The fourth-order valence-corrected chi connectivity index (χ4v) is 4.80. The predicted molar refractivity (Wildman–Crippen MR) is 129 cm³/mol. The molecule has 1 aromatic rings. The average Bonchev–Trinajstić information content (AvgIpc) is 3.67. The van der Waals surface area contributed by atoms with E-state index in [1.165, 1.54) is 19.3 Å². The molecule has 3 rings (SSSR count). The Labute approximate surface area is 219 Å². The number of alkyl halides is 3. The van der Waals surface area contributed by atoms with Crippen molar-refractivity contribution in [1.82, 2.24) is 10.2 Å². The lowest BCUT2D eigenvalue weighted by Gasteiger charge is -2.41. The van der Waals surface area contributed by atoms with Crippen molar-refractivity contribution in [3.63, 3.8) is 0 Å². The van der Waals surface area contributed by atoms with E-state index in [1.807, 2.05) is 22.6 Å². The number of aliphatic hydroxyl groups excluding tert-OH is 3. The van der Waals surface area contributed by atoms with Gasteiger partial charge in [0.15, 0.2) is 11.5 Å². The lowest BCUT2D eigenvalue weighted by molar-refractivity contribution is -0.173. The Morgan fingerprint density at radius 2 is 1.94 bits per heavy atom. The van der Waals surface area contributed by atoms with Crippen molar-refractivity contribution in [2.45, 2.75) is 50.3 Å². The van der Waals surface area contributed by atoms with Crippen molar-refractivity contribution in [1.29, 1.82) is 0 Å². The zero-order valence-electron chi connectivity index (χ0n) is 19.4. The lowest BCUT2D eigenvalue weighted by Crippen LogP contribution is -2.57. The highest BCUT2D eigenvalue weighted by molar-refractivity contribution is 14.1. The van der Waals surface area contributed by atoms with Gasteiger partial charge >= 0.3 is 6.18 Å². The maximum absolute atomic E-state index is 13.5. The number of nitrogens with one attached hydrogen (secondary N) is 1. The van der Waals surface area contributed by atoms with Crippen LogP contribution >= 0.6 is 22.6 Å². The molecule has 13 heteroatoms. The Bertz CT molecular complexity index is 1000. The van der Waals surface area contributed by atoms with Gasteiger partial charge in [0.25, 0.3) is 0 Å². The zero-order valence-corrected chi connectivity index (χ0v) is 21.6. The maximum atomic E-state index is 13.5. The number of methoxy groups -OCH3 is 1. The molecular weight excluding hydrogens is 600 g/mol. The van der Waals surface area contributed by atoms with Crippen LogP contribution in [0.1, 0.15) is 24.8 Å². The van der Waals surface area contributed by atoms with Crippen LogP contribution in [0.5, 0.6) is 11.5 Å². The maximum Gasteiger partial charge on any atom is 0.406 e. The summed E-state index contributed by atoms with van der Waals surface area (Å²) in [4.78, 5) is 26.1. The monoisotopic (exact) mass is 628 g/mol. The minimum Gasteiger partial charge on any atom is -0.493 e. The molecule has 2 aliphatic rings. The quantitative estimate of drug-likeness (QED) is 0.290. The zero-order chi connectivity index (χ0) is 26.6. The first-order valence-electron chi connectivity index (χ1n) is 11.3. The summed E-state index contributed by atoms with van der Waals surface area (Å²) in [5.41, 5.74) is 0.539. The van der Waals surface area contributed by atoms with Gasteiger partial charge in [-0.1, -0.05) is 0 Å². The minimum absolute atomic E-state index is 0.0143. The number of carbonyl (C=O) groups excluding carboxylic acids is 2. The third kappa shape index (κ3) is 7.01. The van der Waals surface area contributed by atoms with Gasteiger partial charge in [0.05, 0.1) is 29.9 Å². The van der Waals surface area contributed by atoms with Crippen molar-refractivity contribution >= 4 is 34.4 Å². The second-order valence-electron chi connectivity index (χ2n) is 8.64. The van der Waals surface area contributed by atoms with E-state index in [9.17, 15) is 33.0 Å². The van der Waals surface area contributed by atoms with Crippen LogP contribution in [0.4, 0.5) is 13.2 Å². The Kier molecular flexibility index (Phi) is 9.46. The number of nitrogens with zero attached hydrogens (tertiary/aromatic N) is 1. The molecule has 1 fully saturated rings. The first-order chi connectivity index (χ1) is 17.0. The SMILES string of the molecule is COc1cc(CO)cc(I)c1O[C@H]1C=C(C(=O)NCCO)C[C@@H](N(CC(F)(F)F)C(=O)C2CC2)[C@@H]1O. The molecule has 0 aromatic heterocycles. The smallest absolute Gasteiger partial charge is 0.406 e. The minimum atomic E-state index is -4.72. The van der Waals surface area contributed by atoms with E-state index in [-0.39, 0.29) is 43.3 Å². The summed E-state index contributed by atoms with van der Waals surface area (Å²) in [6, 6.07) is 1.73. The van der Waals surface area contributed by atoms with E-state index in [4.69, 9.17) is 14.6 Å².